The molecule has 1 heterocycles. The van der Waals surface area contributed by atoms with Crippen LogP contribution in [-0.4, -0.2) is 22.7 Å². The number of thiazole rings is 1. The van der Waals surface area contributed by atoms with Crippen LogP contribution < -0.4 is 5.32 Å². The van der Waals surface area contributed by atoms with E-state index in [0.717, 1.165) is 25.1 Å². The van der Waals surface area contributed by atoms with E-state index in [4.69, 9.17) is 5.11 Å². The van der Waals surface area contributed by atoms with Gasteiger partial charge in [-0.3, -0.25) is 0 Å². The summed E-state index contributed by atoms with van der Waals surface area (Å²) < 4.78 is 0. The van der Waals surface area contributed by atoms with Crippen LogP contribution >= 0.6 is 11.3 Å². The quantitative estimate of drug-likeness (QED) is 0.822. The standard InChI is InChI=1S/C13H24N2OS/c1-10(6-5-7-16)14-8-11-9-17-12(15-11)13(2,3)4/h9-10,14,16H,5-8H2,1-4H3. The Balaban J connectivity index is 2.40. The molecule has 0 spiro atoms. The Morgan fingerprint density at radius 3 is 2.71 bits per heavy atom. The Kier molecular flexibility index (Phi) is 5.56. The maximum Gasteiger partial charge on any atom is 0.0982 e. The van der Waals surface area contributed by atoms with E-state index in [1.807, 2.05) is 0 Å². The number of hydrogen-bond donors (Lipinski definition) is 2. The highest BCUT2D eigenvalue weighted by Crippen LogP contribution is 2.25. The van der Waals surface area contributed by atoms with E-state index in [2.05, 4.69) is 43.4 Å². The zero-order valence-corrected chi connectivity index (χ0v) is 12.1. The van der Waals surface area contributed by atoms with E-state index in [0.29, 0.717) is 6.04 Å². The highest BCUT2D eigenvalue weighted by molar-refractivity contribution is 7.09. The lowest BCUT2D eigenvalue weighted by atomic mass is 9.98. The molecule has 1 atom stereocenters. The normalized spacial score (nSPS) is 13.9. The topological polar surface area (TPSA) is 45.1 Å². The molecule has 4 heteroatoms. The van der Waals surface area contributed by atoms with Gasteiger partial charge >= 0.3 is 0 Å². The van der Waals surface area contributed by atoms with E-state index in [-0.39, 0.29) is 12.0 Å². The molecular formula is C13H24N2OS. The van der Waals surface area contributed by atoms with Crippen molar-refractivity contribution in [2.75, 3.05) is 6.61 Å². The first kappa shape index (κ1) is 14.6. The van der Waals surface area contributed by atoms with Crippen molar-refractivity contribution in [1.29, 1.82) is 0 Å². The Morgan fingerprint density at radius 1 is 1.47 bits per heavy atom. The van der Waals surface area contributed by atoms with Gasteiger partial charge in [-0.2, -0.15) is 0 Å². The lowest BCUT2D eigenvalue weighted by Crippen LogP contribution is -2.25. The summed E-state index contributed by atoms with van der Waals surface area (Å²) in [6, 6.07) is 0.432. The second-order valence-corrected chi connectivity index (χ2v) is 6.40. The molecule has 1 aromatic rings. The van der Waals surface area contributed by atoms with Gasteiger partial charge in [0.1, 0.15) is 0 Å². The van der Waals surface area contributed by atoms with E-state index < -0.39 is 0 Å². The van der Waals surface area contributed by atoms with Crippen molar-refractivity contribution in [2.45, 2.75) is 58.5 Å². The Morgan fingerprint density at radius 2 is 2.18 bits per heavy atom. The third-order valence-corrected chi connectivity index (χ3v) is 3.94. The lowest BCUT2D eigenvalue weighted by Gasteiger charge is -2.14. The molecule has 0 aliphatic rings. The zero-order valence-electron chi connectivity index (χ0n) is 11.3. The molecule has 2 N–H and O–H groups in total. The maximum atomic E-state index is 8.75. The van der Waals surface area contributed by atoms with Crippen molar-refractivity contribution in [1.82, 2.24) is 10.3 Å². The molecule has 0 aliphatic heterocycles. The first-order chi connectivity index (χ1) is 7.93. The number of nitrogens with zero attached hydrogens (tertiary/aromatic N) is 1. The van der Waals surface area contributed by atoms with E-state index in [1.54, 1.807) is 11.3 Å². The minimum Gasteiger partial charge on any atom is -0.396 e. The van der Waals surface area contributed by atoms with Gasteiger partial charge in [-0.15, -0.1) is 11.3 Å². The average molecular weight is 256 g/mol. The molecule has 0 bridgehead atoms. The summed E-state index contributed by atoms with van der Waals surface area (Å²) in [6.45, 7) is 9.80. The molecule has 3 nitrogen and oxygen atoms in total. The molecule has 0 amide bonds. The molecule has 17 heavy (non-hydrogen) atoms. The van der Waals surface area contributed by atoms with Crippen molar-refractivity contribution in [3.63, 3.8) is 0 Å². The molecule has 0 aliphatic carbocycles. The van der Waals surface area contributed by atoms with Gasteiger partial charge in [-0.05, 0) is 19.8 Å². The largest absolute Gasteiger partial charge is 0.396 e. The predicted molar refractivity (Wildman–Crippen MR) is 73.4 cm³/mol. The number of rotatable bonds is 6. The van der Waals surface area contributed by atoms with E-state index >= 15 is 0 Å². The van der Waals surface area contributed by atoms with Gasteiger partial charge in [0.25, 0.3) is 0 Å². The van der Waals surface area contributed by atoms with Gasteiger partial charge in [0, 0.05) is 30.0 Å². The summed E-state index contributed by atoms with van der Waals surface area (Å²) >= 11 is 1.73. The monoisotopic (exact) mass is 256 g/mol. The van der Waals surface area contributed by atoms with Crippen molar-refractivity contribution in [3.8, 4) is 0 Å². The molecule has 0 saturated heterocycles. The number of aliphatic hydroxyl groups excluding tert-OH is 1. The number of hydrogen-bond acceptors (Lipinski definition) is 4. The second kappa shape index (κ2) is 6.47. The van der Waals surface area contributed by atoms with Crippen LogP contribution in [0.15, 0.2) is 5.38 Å². The highest BCUT2D eigenvalue weighted by Gasteiger charge is 2.17. The van der Waals surface area contributed by atoms with Crippen LogP contribution in [0, 0.1) is 0 Å². The van der Waals surface area contributed by atoms with Crippen LogP contribution in [0.3, 0.4) is 0 Å². The van der Waals surface area contributed by atoms with Crippen molar-refractivity contribution in [3.05, 3.63) is 16.1 Å². The van der Waals surface area contributed by atoms with Crippen molar-refractivity contribution in [2.24, 2.45) is 0 Å². The molecule has 1 aromatic heterocycles. The van der Waals surface area contributed by atoms with E-state index in [9.17, 15) is 0 Å². The fourth-order valence-electron chi connectivity index (χ4n) is 1.51. The van der Waals surface area contributed by atoms with Crippen LogP contribution in [0.4, 0.5) is 0 Å². The SMILES string of the molecule is CC(CCCO)NCc1csc(C(C)(C)C)n1. The summed E-state index contributed by atoms with van der Waals surface area (Å²) in [4.78, 5) is 4.64. The molecule has 0 aromatic carbocycles. The van der Waals surface area contributed by atoms with Crippen molar-refractivity contribution < 1.29 is 5.11 Å². The minimum atomic E-state index is 0.144. The lowest BCUT2D eigenvalue weighted by molar-refractivity contribution is 0.276. The fourth-order valence-corrected chi connectivity index (χ4v) is 2.42. The summed E-state index contributed by atoms with van der Waals surface area (Å²) in [6.07, 6.45) is 1.87. The number of nitrogens with one attached hydrogen (secondary N) is 1. The first-order valence-electron chi connectivity index (χ1n) is 6.22. The van der Waals surface area contributed by atoms with Gasteiger partial charge in [-0.1, -0.05) is 20.8 Å². The fraction of sp³-hybridized carbons (Fsp3) is 0.769. The second-order valence-electron chi connectivity index (χ2n) is 5.54. The Bertz CT molecular complexity index is 330. The molecule has 1 unspecified atom stereocenters. The molecule has 0 saturated carbocycles. The summed E-state index contributed by atoms with van der Waals surface area (Å²) in [5.74, 6) is 0. The van der Waals surface area contributed by atoms with E-state index in [1.165, 1.54) is 5.01 Å². The zero-order chi connectivity index (χ0) is 12.9. The molecule has 1 rings (SSSR count). The average Bonchev–Trinajstić information content (AvgIpc) is 2.71. The number of aliphatic hydroxyl groups is 1. The Labute approximate surface area is 108 Å². The molecule has 98 valence electrons. The molecule has 0 radical (unpaired) electrons. The molecule has 0 fully saturated rings. The van der Waals surface area contributed by atoms with Gasteiger partial charge in [0.2, 0.25) is 0 Å². The van der Waals surface area contributed by atoms with Gasteiger partial charge in [-0.25, -0.2) is 4.98 Å². The third kappa shape index (κ3) is 5.15. The van der Waals surface area contributed by atoms with Crippen LogP contribution in [-0.2, 0) is 12.0 Å². The first-order valence-corrected chi connectivity index (χ1v) is 7.10. The summed E-state index contributed by atoms with van der Waals surface area (Å²) in [7, 11) is 0. The van der Waals surface area contributed by atoms with Crippen LogP contribution in [0.2, 0.25) is 0 Å². The Hall–Kier alpha value is -0.450. The van der Waals surface area contributed by atoms with Gasteiger partial charge < -0.3 is 10.4 Å². The molecular weight excluding hydrogens is 232 g/mol. The van der Waals surface area contributed by atoms with Crippen LogP contribution in [0.1, 0.15) is 51.2 Å². The summed E-state index contributed by atoms with van der Waals surface area (Å²) in [5, 5.41) is 15.5. The highest BCUT2D eigenvalue weighted by atomic mass is 32.1. The van der Waals surface area contributed by atoms with Gasteiger partial charge in [0.15, 0.2) is 0 Å². The van der Waals surface area contributed by atoms with Crippen LogP contribution in [0.25, 0.3) is 0 Å². The smallest absolute Gasteiger partial charge is 0.0982 e. The van der Waals surface area contributed by atoms with Gasteiger partial charge in [0.05, 0.1) is 10.7 Å². The van der Waals surface area contributed by atoms with Crippen molar-refractivity contribution >= 4 is 11.3 Å². The number of aromatic nitrogens is 1. The predicted octanol–water partition coefficient (Wildman–Crippen LogP) is 2.69. The maximum absolute atomic E-state index is 8.75. The third-order valence-electron chi connectivity index (χ3n) is 2.62. The van der Waals surface area contributed by atoms with Crippen LogP contribution in [0.5, 0.6) is 0 Å². The minimum absolute atomic E-state index is 0.144. The summed E-state index contributed by atoms with van der Waals surface area (Å²) in [5.41, 5.74) is 1.27.